The first-order valence-electron chi connectivity index (χ1n) is 4.99. The zero-order valence-corrected chi connectivity index (χ0v) is 8.92. The number of likely N-dealkylation sites (N-methyl/N-ethyl adjacent to an activating group) is 1. The molecular weight excluding hydrogens is 193 g/mol. The SMILES string of the molecule is CNCCn1nc2cc(F)ccc2c1C. The summed E-state index contributed by atoms with van der Waals surface area (Å²) in [6, 6.07) is 4.72. The minimum absolute atomic E-state index is 0.235. The van der Waals surface area contributed by atoms with E-state index < -0.39 is 0 Å². The summed E-state index contributed by atoms with van der Waals surface area (Å²) in [5, 5.41) is 8.43. The number of rotatable bonds is 3. The van der Waals surface area contributed by atoms with Crippen LogP contribution in [-0.4, -0.2) is 23.4 Å². The second kappa shape index (κ2) is 3.98. The smallest absolute Gasteiger partial charge is 0.125 e. The monoisotopic (exact) mass is 207 g/mol. The summed E-state index contributed by atoms with van der Waals surface area (Å²) < 4.78 is 14.9. The molecule has 0 spiro atoms. The van der Waals surface area contributed by atoms with Crippen LogP contribution in [0.25, 0.3) is 10.9 Å². The molecule has 1 aromatic heterocycles. The van der Waals surface area contributed by atoms with Crippen LogP contribution in [0.2, 0.25) is 0 Å². The fourth-order valence-electron chi connectivity index (χ4n) is 1.67. The summed E-state index contributed by atoms with van der Waals surface area (Å²) in [7, 11) is 1.90. The van der Waals surface area contributed by atoms with Crippen molar-refractivity contribution >= 4 is 10.9 Å². The van der Waals surface area contributed by atoms with Gasteiger partial charge in [0.1, 0.15) is 5.82 Å². The number of halogens is 1. The highest BCUT2D eigenvalue weighted by atomic mass is 19.1. The van der Waals surface area contributed by atoms with Crippen LogP contribution < -0.4 is 5.32 Å². The van der Waals surface area contributed by atoms with Crippen molar-refractivity contribution in [1.29, 1.82) is 0 Å². The molecule has 0 unspecified atom stereocenters. The fraction of sp³-hybridized carbons (Fsp3) is 0.364. The summed E-state index contributed by atoms with van der Waals surface area (Å²) in [6.45, 7) is 3.67. The highest BCUT2D eigenvalue weighted by Gasteiger charge is 2.06. The Kier molecular flexibility index (Phi) is 2.68. The van der Waals surface area contributed by atoms with Gasteiger partial charge >= 0.3 is 0 Å². The largest absolute Gasteiger partial charge is 0.318 e. The van der Waals surface area contributed by atoms with E-state index in [4.69, 9.17) is 0 Å². The quantitative estimate of drug-likeness (QED) is 0.830. The Balaban J connectivity index is 2.44. The summed E-state index contributed by atoms with van der Waals surface area (Å²) in [6.07, 6.45) is 0. The van der Waals surface area contributed by atoms with E-state index in [9.17, 15) is 4.39 Å². The first-order valence-corrected chi connectivity index (χ1v) is 4.99. The summed E-state index contributed by atoms with van der Waals surface area (Å²) in [5.74, 6) is -0.235. The van der Waals surface area contributed by atoms with E-state index in [2.05, 4.69) is 10.4 Å². The normalized spacial score (nSPS) is 11.1. The van der Waals surface area contributed by atoms with Gasteiger partial charge in [0.2, 0.25) is 0 Å². The highest BCUT2D eigenvalue weighted by molar-refractivity contribution is 5.81. The zero-order valence-electron chi connectivity index (χ0n) is 8.92. The Morgan fingerprint density at radius 1 is 1.47 bits per heavy atom. The van der Waals surface area contributed by atoms with Crippen LogP contribution in [0, 0.1) is 12.7 Å². The Morgan fingerprint density at radius 3 is 3.00 bits per heavy atom. The first-order chi connectivity index (χ1) is 7.22. The predicted molar refractivity (Wildman–Crippen MR) is 58.4 cm³/mol. The molecule has 0 aliphatic rings. The van der Waals surface area contributed by atoms with E-state index in [1.165, 1.54) is 12.1 Å². The molecule has 3 nitrogen and oxygen atoms in total. The molecule has 2 aromatic rings. The van der Waals surface area contributed by atoms with Crippen molar-refractivity contribution in [2.75, 3.05) is 13.6 Å². The van der Waals surface area contributed by atoms with Crippen LogP contribution in [0.4, 0.5) is 4.39 Å². The van der Waals surface area contributed by atoms with E-state index in [1.807, 2.05) is 18.7 Å². The molecule has 0 bridgehead atoms. The van der Waals surface area contributed by atoms with Gasteiger partial charge in [-0.25, -0.2) is 4.39 Å². The lowest BCUT2D eigenvalue weighted by molar-refractivity contribution is 0.576. The van der Waals surface area contributed by atoms with Crippen LogP contribution in [0.1, 0.15) is 5.69 Å². The van der Waals surface area contributed by atoms with Gasteiger partial charge in [-0.1, -0.05) is 0 Å². The lowest BCUT2D eigenvalue weighted by Crippen LogP contribution is -2.16. The van der Waals surface area contributed by atoms with Crippen molar-refractivity contribution in [2.45, 2.75) is 13.5 Å². The van der Waals surface area contributed by atoms with E-state index >= 15 is 0 Å². The molecule has 0 aliphatic carbocycles. The average Bonchev–Trinajstić information content (AvgIpc) is 2.52. The molecule has 2 rings (SSSR count). The molecule has 15 heavy (non-hydrogen) atoms. The van der Waals surface area contributed by atoms with Gasteiger partial charge in [0.25, 0.3) is 0 Å². The number of aromatic nitrogens is 2. The van der Waals surface area contributed by atoms with E-state index in [0.717, 1.165) is 29.7 Å². The molecule has 0 radical (unpaired) electrons. The molecule has 0 aliphatic heterocycles. The number of nitrogens with one attached hydrogen (secondary N) is 1. The number of hydrogen-bond donors (Lipinski definition) is 1. The van der Waals surface area contributed by atoms with Crippen molar-refractivity contribution in [3.8, 4) is 0 Å². The molecule has 0 amide bonds. The number of hydrogen-bond acceptors (Lipinski definition) is 2. The molecule has 0 atom stereocenters. The second-order valence-corrected chi connectivity index (χ2v) is 3.57. The molecular formula is C11H14FN3. The maximum atomic E-state index is 13.0. The Morgan fingerprint density at radius 2 is 2.27 bits per heavy atom. The minimum Gasteiger partial charge on any atom is -0.318 e. The molecule has 80 valence electrons. The standard InChI is InChI=1S/C11H14FN3/c1-8-10-4-3-9(12)7-11(10)14-15(8)6-5-13-2/h3-4,7,13H,5-6H2,1-2H3. The molecule has 4 heteroatoms. The van der Waals surface area contributed by atoms with Crippen LogP contribution in [0.5, 0.6) is 0 Å². The Hall–Kier alpha value is -1.42. The molecule has 0 fully saturated rings. The third-order valence-corrected chi connectivity index (χ3v) is 2.54. The van der Waals surface area contributed by atoms with E-state index in [-0.39, 0.29) is 5.82 Å². The molecule has 1 aromatic carbocycles. The topological polar surface area (TPSA) is 29.9 Å². The van der Waals surface area contributed by atoms with Gasteiger partial charge < -0.3 is 5.32 Å². The van der Waals surface area contributed by atoms with Gasteiger partial charge in [0, 0.05) is 23.7 Å². The maximum Gasteiger partial charge on any atom is 0.125 e. The van der Waals surface area contributed by atoms with Gasteiger partial charge in [0.15, 0.2) is 0 Å². The molecule has 0 saturated heterocycles. The third kappa shape index (κ3) is 1.85. The van der Waals surface area contributed by atoms with Crippen LogP contribution in [0.15, 0.2) is 18.2 Å². The van der Waals surface area contributed by atoms with Gasteiger partial charge in [-0.2, -0.15) is 5.10 Å². The zero-order chi connectivity index (χ0) is 10.8. The van der Waals surface area contributed by atoms with Crippen molar-refractivity contribution in [1.82, 2.24) is 15.1 Å². The maximum absolute atomic E-state index is 13.0. The van der Waals surface area contributed by atoms with Crippen molar-refractivity contribution in [3.63, 3.8) is 0 Å². The van der Waals surface area contributed by atoms with Crippen LogP contribution in [-0.2, 0) is 6.54 Å². The Bertz CT molecular complexity index is 476. The fourth-order valence-corrected chi connectivity index (χ4v) is 1.67. The molecule has 1 N–H and O–H groups in total. The molecule has 1 heterocycles. The van der Waals surface area contributed by atoms with Crippen molar-refractivity contribution in [3.05, 3.63) is 29.7 Å². The van der Waals surface area contributed by atoms with Crippen LogP contribution >= 0.6 is 0 Å². The number of aryl methyl sites for hydroxylation is 1. The number of nitrogens with zero attached hydrogens (tertiary/aromatic N) is 2. The van der Waals surface area contributed by atoms with Gasteiger partial charge in [-0.05, 0) is 26.1 Å². The lowest BCUT2D eigenvalue weighted by Gasteiger charge is -2.02. The number of benzene rings is 1. The van der Waals surface area contributed by atoms with Gasteiger partial charge in [-0.3, -0.25) is 4.68 Å². The first kappa shape index (κ1) is 10.1. The van der Waals surface area contributed by atoms with E-state index in [0.29, 0.717) is 0 Å². The highest BCUT2D eigenvalue weighted by Crippen LogP contribution is 2.18. The summed E-state index contributed by atoms with van der Waals surface area (Å²) in [5.41, 5.74) is 1.81. The minimum atomic E-state index is -0.235. The van der Waals surface area contributed by atoms with Crippen LogP contribution in [0.3, 0.4) is 0 Å². The van der Waals surface area contributed by atoms with Gasteiger partial charge in [0.05, 0.1) is 12.1 Å². The lowest BCUT2D eigenvalue weighted by atomic mass is 10.2. The third-order valence-electron chi connectivity index (χ3n) is 2.54. The molecule has 0 saturated carbocycles. The summed E-state index contributed by atoms with van der Waals surface area (Å²) >= 11 is 0. The second-order valence-electron chi connectivity index (χ2n) is 3.57. The van der Waals surface area contributed by atoms with Gasteiger partial charge in [-0.15, -0.1) is 0 Å². The Labute approximate surface area is 87.9 Å². The summed E-state index contributed by atoms with van der Waals surface area (Å²) in [4.78, 5) is 0. The average molecular weight is 207 g/mol. The predicted octanol–water partition coefficient (Wildman–Crippen LogP) is 1.70. The van der Waals surface area contributed by atoms with Crippen molar-refractivity contribution < 1.29 is 4.39 Å². The van der Waals surface area contributed by atoms with Crippen molar-refractivity contribution in [2.24, 2.45) is 0 Å². The number of fused-ring (bicyclic) bond motifs is 1. The van der Waals surface area contributed by atoms with E-state index in [1.54, 1.807) is 6.07 Å².